The average molecular weight is 252 g/mol. The molecule has 2 bridgehead atoms. The second-order valence-electron chi connectivity index (χ2n) is 6.44. The molecule has 18 heavy (non-hydrogen) atoms. The summed E-state index contributed by atoms with van der Waals surface area (Å²) < 4.78 is 5.64. The van der Waals surface area contributed by atoms with E-state index in [1.165, 1.54) is 57.9 Å². The van der Waals surface area contributed by atoms with E-state index in [1.54, 1.807) is 0 Å². The van der Waals surface area contributed by atoms with E-state index < -0.39 is 0 Å². The topological polar surface area (TPSA) is 33.3 Å². The normalized spacial score (nSPS) is 39.3. The SMILES string of the molecule is C1COC(CCNCCC2CC3CCC(C2)N3)C1. The van der Waals surface area contributed by atoms with Gasteiger partial charge in [0.05, 0.1) is 6.10 Å². The summed E-state index contributed by atoms with van der Waals surface area (Å²) in [6.07, 6.45) is 11.4. The summed E-state index contributed by atoms with van der Waals surface area (Å²) in [5, 5.41) is 7.33. The number of piperidine rings is 1. The Labute approximate surface area is 111 Å². The van der Waals surface area contributed by atoms with Gasteiger partial charge in [-0.15, -0.1) is 0 Å². The summed E-state index contributed by atoms with van der Waals surface area (Å²) in [7, 11) is 0. The van der Waals surface area contributed by atoms with E-state index in [4.69, 9.17) is 4.74 Å². The van der Waals surface area contributed by atoms with Crippen LogP contribution in [0, 0.1) is 5.92 Å². The Morgan fingerprint density at radius 2 is 1.78 bits per heavy atom. The second-order valence-corrected chi connectivity index (χ2v) is 6.44. The van der Waals surface area contributed by atoms with Gasteiger partial charge in [0.1, 0.15) is 0 Å². The van der Waals surface area contributed by atoms with Crippen molar-refractivity contribution in [3.05, 3.63) is 0 Å². The van der Waals surface area contributed by atoms with Gasteiger partial charge in [-0.1, -0.05) is 0 Å². The van der Waals surface area contributed by atoms with Crippen molar-refractivity contribution in [2.45, 2.75) is 69.6 Å². The van der Waals surface area contributed by atoms with Gasteiger partial charge in [-0.3, -0.25) is 0 Å². The van der Waals surface area contributed by atoms with Crippen LogP contribution >= 0.6 is 0 Å². The molecule has 0 aromatic rings. The fraction of sp³-hybridized carbons (Fsp3) is 1.00. The van der Waals surface area contributed by atoms with Crippen molar-refractivity contribution < 1.29 is 4.74 Å². The summed E-state index contributed by atoms with van der Waals surface area (Å²) >= 11 is 0. The first-order valence-electron chi connectivity index (χ1n) is 7.98. The zero-order chi connectivity index (χ0) is 12.2. The van der Waals surface area contributed by atoms with Crippen molar-refractivity contribution in [2.75, 3.05) is 19.7 Å². The molecule has 3 heterocycles. The van der Waals surface area contributed by atoms with Gasteiger partial charge in [-0.25, -0.2) is 0 Å². The van der Waals surface area contributed by atoms with Gasteiger partial charge >= 0.3 is 0 Å². The third kappa shape index (κ3) is 3.46. The molecule has 3 aliphatic rings. The Bertz CT molecular complexity index is 241. The molecule has 0 spiro atoms. The largest absolute Gasteiger partial charge is 0.378 e. The molecule has 104 valence electrons. The molecule has 3 nitrogen and oxygen atoms in total. The standard InChI is InChI=1S/C15H28N2O/c1-2-15(18-9-1)6-8-16-7-5-12-10-13-3-4-14(11-12)17-13/h12-17H,1-11H2. The van der Waals surface area contributed by atoms with Gasteiger partial charge in [0.2, 0.25) is 0 Å². The molecule has 0 aliphatic carbocycles. The fourth-order valence-electron chi connectivity index (χ4n) is 3.98. The minimum absolute atomic E-state index is 0.548. The summed E-state index contributed by atoms with van der Waals surface area (Å²) in [6.45, 7) is 3.34. The van der Waals surface area contributed by atoms with E-state index in [1.807, 2.05) is 0 Å². The fourth-order valence-corrected chi connectivity index (χ4v) is 3.98. The molecule has 0 radical (unpaired) electrons. The number of fused-ring (bicyclic) bond motifs is 2. The Morgan fingerprint density at radius 1 is 1.00 bits per heavy atom. The van der Waals surface area contributed by atoms with E-state index in [2.05, 4.69) is 10.6 Å². The van der Waals surface area contributed by atoms with Gasteiger partial charge < -0.3 is 15.4 Å². The second kappa shape index (κ2) is 6.36. The Hall–Kier alpha value is -0.120. The maximum atomic E-state index is 5.64. The number of nitrogens with one attached hydrogen (secondary N) is 2. The number of ether oxygens (including phenoxy) is 1. The average Bonchev–Trinajstić information content (AvgIpc) is 2.99. The first-order valence-corrected chi connectivity index (χ1v) is 7.98. The maximum absolute atomic E-state index is 5.64. The van der Waals surface area contributed by atoms with E-state index in [9.17, 15) is 0 Å². The van der Waals surface area contributed by atoms with Crippen LogP contribution in [0.2, 0.25) is 0 Å². The van der Waals surface area contributed by atoms with Crippen LogP contribution in [-0.4, -0.2) is 37.9 Å². The van der Waals surface area contributed by atoms with Crippen LogP contribution in [0.3, 0.4) is 0 Å². The van der Waals surface area contributed by atoms with Gasteiger partial charge in [-0.2, -0.15) is 0 Å². The van der Waals surface area contributed by atoms with Crippen LogP contribution in [0.25, 0.3) is 0 Å². The third-order valence-electron chi connectivity index (χ3n) is 4.97. The first kappa shape index (κ1) is 12.9. The maximum Gasteiger partial charge on any atom is 0.0588 e. The number of hydrogen-bond donors (Lipinski definition) is 2. The molecule has 2 N–H and O–H groups in total. The summed E-state index contributed by atoms with van der Waals surface area (Å²) in [5.74, 6) is 0.971. The zero-order valence-electron chi connectivity index (χ0n) is 11.5. The highest BCUT2D eigenvalue weighted by Crippen LogP contribution is 2.32. The molecule has 3 fully saturated rings. The summed E-state index contributed by atoms with van der Waals surface area (Å²) in [4.78, 5) is 0. The molecule has 0 amide bonds. The van der Waals surface area contributed by atoms with Crippen LogP contribution in [0.1, 0.15) is 51.4 Å². The lowest BCUT2D eigenvalue weighted by Crippen LogP contribution is -2.38. The van der Waals surface area contributed by atoms with Crippen LogP contribution in [0.15, 0.2) is 0 Å². The van der Waals surface area contributed by atoms with Crippen molar-refractivity contribution >= 4 is 0 Å². The lowest BCUT2D eigenvalue weighted by molar-refractivity contribution is 0.104. The number of hydrogen-bond acceptors (Lipinski definition) is 3. The highest BCUT2D eigenvalue weighted by molar-refractivity contribution is 4.91. The smallest absolute Gasteiger partial charge is 0.0588 e. The highest BCUT2D eigenvalue weighted by atomic mass is 16.5. The van der Waals surface area contributed by atoms with Crippen LogP contribution in [0.4, 0.5) is 0 Å². The van der Waals surface area contributed by atoms with Gasteiger partial charge in [0, 0.05) is 18.7 Å². The molecule has 3 unspecified atom stereocenters. The summed E-state index contributed by atoms with van der Waals surface area (Å²) in [6, 6.07) is 1.70. The first-order chi connectivity index (χ1) is 8.90. The van der Waals surface area contributed by atoms with Crippen molar-refractivity contribution in [1.29, 1.82) is 0 Å². The molecular weight excluding hydrogens is 224 g/mol. The summed E-state index contributed by atoms with van der Waals surface area (Å²) in [5.41, 5.74) is 0. The molecule has 3 atom stereocenters. The molecule has 3 rings (SSSR count). The number of rotatable bonds is 6. The Kier molecular flexibility index (Phi) is 4.55. The van der Waals surface area contributed by atoms with Crippen molar-refractivity contribution in [3.8, 4) is 0 Å². The van der Waals surface area contributed by atoms with Crippen LogP contribution in [-0.2, 0) is 4.74 Å². The molecule has 0 saturated carbocycles. The van der Waals surface area contributed by atoms with Gasteiger partial charge in [0.25, 0.3) is 0 Å². The van der Waals surface area contributed by atoms with Gasteiger partial charge in [-0.05, 0) is 70.4 Å². The van der Waals surface area contributed by atoms with Crippen molar-refractivity contribution in [3.63, 3.8) is 0 Å². The van der Waals surface area contributed by atoms with Crippen LogP contribution in [0.5, 0.6) is 0 Å². The van der Waals surface area contributed by atoms with E-state index in [-0.39, 0.29) is 0 Å². The molecule has 3 aliphatic heterocycles. The predicted octanol–water partition coefficient (Wildman–Crippen LogP) is 2.07. The lowest BCUT2D eigenvalue weighted by atomic mass is 9.90. The van der Waals surface area contributed by atoms with Gasteiger partial charge in [0.15, 0.2) is 0 Å². The Balaban J connectivity index is 1.24. The van der Waals surface area contributed by atoms with Crippen LogP contribution < -0.4 is 10.6 Å². The minimum atomic E-state index is 0.548. The van der Waals surface area contributed by atoms with E-state index >= 15 is 0 Å². The monoisotopic (exact) mass is 252 g/mol. The van der Waals surface area contributed by atoms with E-state index in [0.717, 1.165) is 31.2 Å². The minimum Gasteiger partial charge on any atom is -0.378 e. The lowest BCUT2D eigenvalue weighted by Gasteiger charge is -2.29. The molecule has 3 saturated heterocycles. The predicted molar refractivity (Wildman–Crippen MR) is 73.7 cm³/mol. The molecule has 0 aromatic carbocycles. The molecule has 3 heteroatoms. The third-order valence-corrected chi connectivity index (χ3v) is 4.97. The zero-order valence-corrected chi connectivity index (χ0v) is 11.5. The van der Waals surface area contributed by atoms with E-state index in [0.29, 0.717) is 6.10 Å². The quantitative estimate of drug-likeness (QED) is 0.710. The molecule has 0 aromatic heterocycles. The highest BCUT2D eigenvalue weighted by Gasteiger charge is 2.32. The van der Waals surface area contributed by atoms with Crippen molar-refractivity contribution in [2.24, 2.45) is 5.92 Å². The van der Waals surface area contributed by atoms with Crippen molar-refractivity contribution in [1.82, 2.24) is 10.6 Å². The molecular formula is C15H28N2O. The Morgan fingerprint density at radius 3 is 2.50 bits per heavy atom.